The molecule has 1 fully saturated rings. The molecule has 0 aromatic carbocycles. The minimum Gasteiger partial charge on any atom is -0.381 e. The van der Waals surface area contributed by atoms with E-state index in [1.165, 1.54) is 5.69 Å². The Hall–Kier alpha value is -2.12. The van der Waals surface area contributed by atoms with Gasteiger partial charge in [0.2, 0.25) is 0 Å². The van der Waals surface area contributed by atoms with E-state index in [1.54, 1.807) is 0 Å². The highest BCUT2D eigenvalue weighted by atomic mass is 16.5. The number of fused-ring (bicyclic) bond motifs is 1. The predicted molar refractivity (Wildman–Crippen MR) is 97.9 cm³/mol. The topological polar surface area (TPSA) is 64.3 Å². The van der Waals surface area contributed by atoms with E-state index in [2.05, 4.69) is 26.1 Å². The molecule has 140 valence electrons. The van der Waals surface area contributed by atoms with Gasteiger partial charge in [0.05, 0.1) is 11.7 Å². The maximum absolute atomic E-state index is 12.3. The molecular formula is C19H27N5O2. The summed E-state index contributed by atoms with van der Waals surface area (Å²) in [5, 5.41) is 7.58. The van der Waals surface area contributed by atoms with Crippen LogP contribution in [0.4, 0.5) is 0 Å². The fraction of sp³-hybridized carbons (Fsp3) is 0.579. The Morgan fingerprint density at radius 3 is 2.96 bits per heavy atom. The second-order valence-corrected chi connectivity index (χ2v) is 7.24. The summed E-state index contributed by atoms with van der Waals surface area (Å²) in [5.41, 5.74) is 1.96. The van der Waals surface area contributed by atoms with E-state index in [1.807, 2.05) is 36.1 Å². The lowest BCUT2D eigenvalue weighted by molar-refractivity contribution is 0.0158. The second-order valence-electron chi connectivity index (χ2n) is 7.24. The third kappa shape index (κ3) is 3.54. The van der Waals surface area contributed by atoms with E-state index in [0.717, 1.165) is 45.6 Å². The van der Waals surface area contributed by atoms with Crippen molar-refractivity contribution in [3.8, 4) is 0 Å². The van der Waals surface area contributed by atoms with Crippen molar-refractivity contribution >= 4 is 5.91 Å². The van der Waals surface area contributed by atoms with Crippen LogP contribution in [0.3, 0.4) is 0 Å². The van der Waals surface area contributed by atoms with E-state index < -0.39 is 0 Å². The molecule has 1 N–H and O–H groups in total. The van der Waals surface area contributed by atoms with Gasteiger partial charge in [-0.25, -0.2) is 0 Å². The Morgan fingerprint density at radius 1 is 1.35 bits per heavy atom. The maximum Gasteiger partial charge on any atom is 0.267 e. The predicted octanol–water partition coefficient (Wildman–Crippen LogP) is 1.58. The lowest BCUT2D eigenvalue weighted by atomic mass is 10.0. The molecule has 0 aliphatic carbocycles. The fourth-order valence-corrected chi connectivity index (χ4v) is 4.10. The SMILES string of the molecule is Cn1cccc1C(=O)NCCC1CN(C2CCOCC2)Cc2ccnn21. The van der Waals surface area contributed by atoms with Crippen molar-refractivity contribution in [2.24, 2.45) is 7.05 Å². The van der Waals surface area contributed by atoms with E-state index in [9.17, 15) is 4.79 Å². The summed E-state index contributed by atoms with van der Waals surface area (Å²) in [7, 11) is 1.89. The third-order valence-corrected chi connectivity index (χ3v) is 5.56. The summed E-state index contributed by atoms with van der Waals surface area (Å²) in [4.78, 5) is 14.9. The zero-order valence-corrected chi connectivity index (χ0v) is 15.3. The molecule has 0 bridgehead atoms. The first-order valence-corrected chi connectivity index (χ1v) is 9.46. The molecule has 2 aromatic heterocycles. The Balaban J connectivity index is 1.37. The van der Waals surface area contributed by atoms with Crippen LogP contribution in [-0.4, -0.2) is 57.5 Å². The number of ether oxygens (including phenoxy) is 1. The fourth-order valence-electron chi connectivity index (χ4n) is 4.10. The minimum absolute atomic E-state index is 0.0183. The summed E-state index contributed by atoms with van der Waals surface area (Å²) >= 11 is 0. The molecule has 1 unspecified atom stereocenters. The van der Waals surface area contributed by atoms with Crippen LogP contribution >= 0.6 is 0 Å². The van der Waals surface area contributed by atoms with Gasteiger partial charge in [-0.2, -0.15) is 5.10 Å². The van der Waals surface area contributed by atoms with Crippen molar-refractivity contribution in [1.29, 1.82) is 0 Å². The molecule has 1 amide bonds. The van der Waals surface area contributed by atoms with E-state index in [-0.39, 0.29) is 5.91 Å². The monoisotopic (exact) mass is 357 g/mol. The normalized spacial score (nSPS) is 21.5. The number of aryl methyl sites for hydroxylation is 1. The van der Waals surface area contributed by atoms with Crippen molar-refractivity contribution in [3.63, 3.8) is 0 Å². The summed E-state index contributed by atoms with van der Waals surface area (Å²) in [5.74, 6) is -0.0183. The zero-order chi connectivity index (χ0) is 17.9. The van der Waals surface area contributed by atoms with Gasteiger partial charge < -0.3 is 14.6 Å². The lowest BCUT2D eigenvalue weighted by Crippen LogP contribution is -2.46. The van der Waals surface area contributed by atoms with Crippen LogP contribution in [0.25, 0.3) is 0 Å². The average molecular weight is 357 g/mol. The third-order valence-electron chi connectivity index (χ3n) is 5.56. The van der Waals surface area contributed by atoms with Crippen LogP contribution in [0.15, 0.2) is 30.6 Å². The molecule has 7 nitrogen and oxygen atoms in total. The Bertz CT molecular complexity index is 747. The van der Waals surface area contributed by atoms with Crippen molar-refractivity contribution < 1.29 is 9.53 Å². The van der Waals surface area contributed by atoms with Gasteiger partial charge >= 0.3 is 0 Å². The number of hydrogen-bond acceptors (Lipinski definition) is 4. The number of rotatable bonds is 5. The van der Waals surface area contributed by atoms with Gasteiger partial charge in [-0.15, -0.1) is 0 Å². The first kappa shape index (κ1) is 17.3. The molecule has 1 saturated heterocycles. The number of amides is 1. The number of hydrogen-bond donors (Lipinski definition) is 1. The number of aromatic nitrogens is 3. The van der Waals surface area contributed by atoms with Gasteiger partial charge in [0, 0.05) is 58.3 Å². The molecule has 4 rings (SSSR count). The summed E-state index contributed by atoms with van der Waals surface area (Å²) in [6.07, 6.45) is 6.86. The molecule has 2 aliphatic heterocycles. The molecule has 0 saturated carbocycles. The van der Waals surface area contributed by atoms with E-state index >= 15 is 0 Å². The van der Waals surface area contributed by atoms with Gasteiger partial charge in [-0.1, -0.05) is 0 Å². The van der Waals surface area contributed by atoms with Crippen LogP contribution in [0, 0.1) is 0 Å². The van der Waals surface area contributed by atoms with Crippen molar-refractivity contribution in [1.82, 2.24) is 24.6 Å². The molecule has 0 spiro atoms. The van der Waals surface area contributed by atoms with Gasteiger partial charge in [-0.05, 0) is 37.5 Å². The zero-order valence-electron chi connectivity index (χ0n) is 15.3. The quantitative estimate of drug-likeness (QED) is 0.882. The first-order chi connectivity index (χ1) is 12.7. The van der Waals surface area contributed by atoms with Gasteiger partial charge in [0.1, 0.15) is 5.69 Å². The summed E-state index contributed by atoms with van der Waals surface area (Å²) < 4.78 is 9.50. The minimum atomic E-state index is -0.0183. The van der Waals surface area contributed by atoms with Crippen LogP contribution < -0.4 is 5.32 Å². The molecule has 2 aliphatic rings. The first-order valence-electron chi connectivity index (χ1n) is 9.46. The van der Waals surface area contributed by atoms with Crippen molar-refractivity contribution in [2.75, 3.05) is 26.3 Å². The molecule has 7 heteroatoms. The van der Waals surface area contributed by atoms with Crippen molar-refractivity contribution in [2.45, 2.75) is 37.9 Å². The van der Waals surface area contributed by atoms with Gasteiger partial charge in [0.15, 0.2) is 0 Å². The average Bonchev–Trinajstić information content (AvgIpc) is 3.31. The Labute approximate surface area is 153 Å². The van der Waals surface area contributed by atoms with Crippen LogP contribution in [0.2, 0.25) is 0 Å². The van der Waals surface area contributed by atoms with Crippen LogP contribution in [0.1, 0.15) is 41.5 Å². The molecule has 0 radical (unpaired) electrons. The molecular weight excluding hydrogens is 330 g/mol. The van der Waals surface area contributed by atoms with Gasteiger partial charge in [0.25, 0.3) is 5.91 Å². The number of nitrogens with zero attached hydrogens (tertiary/aromatic N) is 4. The number of carbonyl (C=O) groups is 1. The molecule has 1 atom stereocenters. The van der Waals surface area contributed by atoms with Crippen molar-refractivity contribution in [3.05, 3.63) is 42.0 Å². The summed E-state index contributed by atoms with van der Waals surface area (Å²) in [6.45, 7) is 4.31. The van der Waals surface area contributed by atoms with Gasteiger partial charge in [-0.3, -0.25) is 14.4 Å². The number of carbonyl (C=O) groups excluding carboxylic acids is 1. The highest BCUT2D eigenvalue weighted by Crippen LogP contribution is 2.27. The van der Waals surface area contributed by atoms with Crippen LogP contribution in [0.5, 0.6) is 0 Å². The lowest BCUT2D eigenvalue weighted by Gasteiger charge is -2.40. The maximum atomic E-state index is 12.3. The molecule has 2 aromatic rings. The standard InChI is InChI=1S/C19H27N5O2/c1-22-10-2-3-18(22)19(25)20-8-4-16-13-23(15-6-11-26-12-7-15)14-17-5-9-21-24(16)17/h2-3,5,9-10,15-16H,4,6-8,11-14H2,1H3,(H,20,25). The smallest absolute Gasteiger partial charge is 0.267 e. The highest BCUT2D eigenvalue weighted by Gasteiger charge is 2.30. The van der Waals surface area contributed by atoms with E-state index in [4.69, 9.17) is 4.74 Å². The summed E-state index contributed by atoms with van der Waals surface area (Å²) in [6, 6.07) is 6.73. The molecule has 4 heterocycles. The highest BCUT2D eigenvalue weighted by molar-refractivity contribution is 5.92. The Kier molecular flexibility index (Phi) is 5.08. The largest absolute Gasteiger partial charge is 0.381 e. The molecule has 26 heavy (non-hydrogen) atoms. The number of nitrogens with one attached hydrogen (secondary N) is 1. The van der Waals surface area contributed by atoms with Crippen LogP contribution in [-0.2, 0) is 18.3 Å². The van der Waals surface area contributed by atoms with E-state index in [0.29, 0.717) is 24.3 Å². The Morgan fingerprint density at radius 2 is 2.19 bits per heavy atom. The second kappa shape index (κ2) is 7.63.